The van der Waals surface area contributed by atoms with Crippen molar-refractivity contribution in [2.75, 3.05) is 39.8 Å². The van der Waals surface area contributed by atoms with Gasteiger partial charge in [-0.05, 0) is 25.2 Å². The summed E-state index contributed by atoms with van der Waals surface area (Å²) in [7, 11) is 2.23. The second-order valence-corrected chi connectivity index (χ2v) is 5.46. The van der Waals surface area contributed by atoms with E-state index in [0.717, 1.165) is 26.2 Å². The summed E-state index contributed by atoms with van der Waals surface area (Å²) in [5, 5.41) is 0. The molecule has 3 heteroatoms. The second kappa shape index (κ2) is 7.62. The number of likely N-dealkylation sites (N-methyl/N-ethyl adjacent to an activating group) is 2. The largest absolute Gasteiger partial charge is 0.353 e. The van der Waals surface area contributed by atoms with E-state index in [2.05, 4.69) is 65.1 Å². The summed E-state index contributed by atoms with van der Waals surface area (Å²) < 4.78 is 0. The first-order chi connectivity index (χ1) is 10.3. The third kappa shape index (κ3) is 3.47. The van der Waals surface area contributed by atoms with Crippen LogP contribution in [-0.2, 0) is 0 Å². The Morgan fingerprint density at radius 2 is 1.81 bits per heavy atom. The second-order valence-electron chi connectivity index (χ2n) is 5.46. The Kier molecular flexibility index (Phi) is 5.83. The van der Waals surface area contributed by atoms with E-state index >= 15 is 0 Å². The third-order valence-corrected chi connectivity index (χ3v) is 4.35. The van der Waals surface area contributed by atoms with Crippen molar-refractivity contribution in [3.05, 3.63) is 42.0 Å². The van der Waals surface area contributed by atoms with E-state index < -0.39 is 0 Å². The van der Waals surface area contributed by atoms with Crippen molar-refractivity contribution in [2.24, 2.45) is 0 Å². The van der Waals surface area contributed by atoms with Crippen LogP contribution in [0.2, 0.25) is 0 Å². The number of rotatable bonds is 2. The highest BCUT2D eigenvalue weighted by atomic mass is 15.4. The lowest BCUT2D eigenvalue weighted by molar-refractivity contribution is 0.0261. The molecule has 0 N–H and O–H groups in total. The Labute approximate surface area is 129 Å². The topological polar surface area (TPSA) is 9.72 Å². The van der Waals surface area contributed by atoms with Gasteiger partial charge in [0.05, 0.1) is 6.17 Å². The molecule has 1 aromatic rings. The van der Waals surface area contributed by atoms with E-state index in [-0.39, 0.29) is 0 Å². The van der Waals surface area contributed by atoms with Gasteiger partial charge in [-0.25, -0.2) is 0 Å². The molecule has 3 rings (SSSR count). The van der Waals surface area contributed by atoms with Crippen LogP contribution in [-0.4, -0.2) is 60.6 Å². The zero-order chi connectivity index (χ0) is 15.2. The number of nitrogens with zero attached hydrogens (tertiary/aromatic N) is 3. The summed E-state index contributed by atoms with van der Waals surface area (Å²) in [6, 6.07) is 10.8. The molecule has 0 aliphatic carbocycles. The fourth-order valence-electron chi connectivity index (χ4n) is 3.13. The lowest BCUT2D eigenvalue weighted by atomic mass is 10.1. The van der Waals surface area contributed by atoms with Gasteiger partial charge in [0.2, 0.25) is 0 Å². The Balaban J connectivity index is 0.000000774. The standard InChI is InChI=1S/C16H23N3.C2H6/c1-3-18-11-12-19-15(14-7-5-4-6-8-14)9-10-17(2)16(19)13-18;1-2/h4-9,16H,3,10-13H2,1-2H3;1-2H3. The molecule has 0 saturated carbocycles. The molecule has 2 heterocycles. The van der Waals surface area contributed by atoms with Crippen LogP contribution < -0.4 is 0 Å². The highest BCUT2D eigenvalue weighted by Gasteiger charge is 2.33. The van der Waals surface area contributed by atoms with Crippen LogP contribution >= 0.6 is 0 Å². The van der Waals surface area contributed by atoms with E-state index in [1.807, 2.05) is 13.8 Å². The van der Waals surface area contributed by atoms with Gasteiger partial charge in [-0.1, -0.05) is 51.1 Å². The van der Waals surface area contributed by atoms with Gasteiger partial charge < -0.3 is 4.90 Å². The molecule has 21 heavy (non-hydrogen) atoms. The highest BCUT2D eigenvalue weighted by Crippen LogP contribution is 2.28. The number of hydrogen-bond donors (Lipinski definition) is 0. The fourth-order valence-corrected chi connectivity index (χ4v) is 3.13. The maximum Gasteiger partial charge on any atom is 0.0950 e. The van der Waals surface area contributed by atoms with Gasteiger partial charge >= 0.3 is 0 Å². The van der Waals surface area contributed by atoms with Crippen LogP contribution in [0.3, 0.4) is 0 Å². The SMILES string of the molecule is CC.CCN1CCN2C(c3ccccc3)=CCN(C)C2C1. The molecule has 0 bridgehead atoms. The molecule has 0 aromatic heterocycles. The van der Waals surface area contributed by atoms with E-state index in [1.54, 1.807) is 0 Å². The van der Waals surface area contributed by atoms with E-state index in [4.69, 9.17) is 0 Å². The van der Waals surface area contributed by atoms with Gasteiger partial charge in [0, 0.05) is 31.9 Å². The van der Waals surface area contributed by atoms with E-state index in [0.29, 0.717) is 6.17 Å². The summed E-state index contributed by atoms with van der Waals surface area (Å²) in [6.07, 6.45) is 2.89. The van der Waals surface area contributed by atoms with Crippen LogP contribution in [0.4, 0.5) is 0 Å². The predicted molar refractivity (Wildman–Crippen MR) is 91.0 cm³/mol. The van der Waals surface area contributed by atoms with Gasteiger partial charge in [-0.15, -0.1) is 0 Å². The number of fused-ring (bicyclic) bond motifs is 1. The Morgan fingerprint density at radius 1 is 1.10 bits per heavy atom. The first-order valence-electron chi connectivity index (χ1n) is 8.24. The van der Waals surface area contributed by atoms with Crippen LogP contribution in [0.5, 0.6) is 0 Å². The van der Waals surface area contributed by atoms with Crippen molar-refractivity contribution >= 4 is 5.70 Å². The minimum Gasteiger partial charge on any atom is -0.353 e. The summed E-state index contributed by atoms with van der Waals surface area (Å²) in [5.74, 6) is 0. The van der Waals surface area contributed by atoms with Gasteiger partial charge in [-0.2, -0.15) is 0 Å². The van der Waals surface area contributed by atoms with E-state index in [1.165, 1.54) is 17.8 Å². The lowest BCUT2D eigenvalue weighted by Gasteiger charge is -2.49. The molecule has 1 saturated heterocycles. The van der Waals surface area contributed by atoms with Crippen molar-refractivity contribution in [3.63, 3.8) is 0 Å². The van der Waals surface area contributed by atoms with Gasteiger partial charge in [0.1, 0.15) is 0 Å². The predicted octanol–water partition coefficient (Wildman–Crippen LogP) is 2.96. The molecule has 3 nitrogen and oxygen atoms in total. The fraction of sp³-hybridized carbons (Fsp3) is 0.556. The summed E-state index contributed by atoms with van der Waals surface area (Å²) in [5.41, 5.74) is 2.77. The van der Waals surface area contributed by atoms with Crippen LogP contribution in [0.25, 0.3) is 5.70 Å². The summed E-state index contributed by atoms with van der Waals surface area (Å²) >= 11 is 0. The van der Waals surface area contributed by atoms with Crippen molar-refractivity contribution < 1.29 is 0 Å². The molecule has 1 fully saturated rings. The monoisotopic (exact) mass is 287 g/mol. The molecule has 1 aromatic carbocycles. The molecule has 116 valence electrons. The highest BCUT2D eigenvalue weighted by molar-refractivity contribution is 5.65. The molecule has 1 unspecified atom stereocenters. The average molecular weight is 287 g/mol. The first kappa shape index (κ1) is 16.1. The number of benzene rings is 1. The van der Waals surface area contributed by atoms with Gasteiger partial charge in [0.25, 0.3) is 0 Å². The van der Waals surface area contributed by atoms with E-state index in [9.17, 15) is 0 Å². The molecular weight excluding hydrogens is 258 g/mol. The van der Waals surface area contributed by atoms with Crippen LogP contribution in [0, 0.1) is 0 Å². The normalized spacial score (nSPS) is 23.0. The lowest BCUT2D eigenvalue weighted by Crippen LogP contribution is -2.60. The Bertz CT molecular complexity index is 455. The van der Waals surface area contributed by atoms with Crippen molar-refractivity contribution in [3.8, 4) is 0 Å². The van der Waals surface area contributed by atoms with Crippen LogP contribution in [0.1, 0.15) is 26.3 Å². The number of hydrogen-bond acceptors (Lipinski definition) is 3. The maximum absolute atomic E-state index is 2.57. The smallest absolute Gasteiger partial charge is 0.0950 e. The van der Waals surface area contributed by atoms with Crippen molar-refractivity contribution in [2.45, 2.75) is 26.9 Å². The summed E-state index contributed by atoms with van der Waals surface area (Å²) in [6.45, 7) is 11.9. The van der Waals surface area contributed by atoms with Gasteiger partial charge in [0.15, 0.2) is 0 Å². The first-order valence-corrected chi connectivity index (χ1v) is 8.24. The summed E-state index contributed by atoms with van der Waals surface area (Å²) in [4.78, 5) is 7.57. The quantitative estimate of drug-likeness (QED) is 0.828. The molecular formula is C18H29N3. The van der Waals surface area contributed by atoms with Crippen molar-refractivity contribution in [1.82, 2.24) is 14.7 Å². The minimum absolute atomic E-state index is 0.522. The third-order valence-electron chi connectivity index (χ3n) is 4.35. The maximum atomic E-state index is 2.57. The zero-order valence-electron chi connectivity index (χ0n) is 13.9. The minimum atomic E-state index is 0.522. The van der Waals surface area contributed by atoms with Crippen LogP contribution in [0.15, 0.2) is 36.4 Å². The molecule has 0 spiro atoms. The zero-order valence-corrected chi connectivity index (χ0v) is 13.9. The number of piperazine rings is 1. The molecule has 2 aliphatic rings. The Morgan fingerprint density at radius 3 is 2.48 bits per heavy atom. The van der Waals surface area contributed by atoms with Crippen molar-refractivity contribution in [1.29, 1.82) is 0 Å². The Hall–Kier alpha value is -1.32. The molecule has 0 amide bonds. The van der Waals surface area contributed by atoms with Gasteiger partial charge in [-0.3, -0.25) is 9.80 Å². The molecule has 0 radical (unpaired) electrons. The average Bonchev–Trinajstić information content (AvgIpc) is 2.57. The molecule has 2 aliphatic heterocycles. The molecule has 1 atom stereocenters.